The Hall–Kier alpha value is -1.10. The molecule has 0 aromatic heterocycles. The van der Waals surface area contributed by atoms with Gasteiger partial charge in [0.25, 0.3) is 0 Å². The van der Waals surface area contributed by atoms with Crippen LogP contribution in [0.25, 0.3) is 0 Å². The van der Waals surface area contributed by atoms with Gasteiger partial charge >= 0.3 is 0 Å². The van der Waals surface area contributed by atoms with E-state index in [2.05, 4.69) is 62.1 Å². The van der Waals surface area contributed by atoms with Gasteiger partial charge in [-0.15, -0.1) is 0 Å². The second kappa shape index (κ2) is 9.56. The minimum absolute atomic E-state index is 0.487. The van der Waals surface area contributed by atoms with E-state index in [1.165, 1.54) is 36.2 Å². The van der Waals surface area contributed by atoms with E-state index < -0.39 is 0 Å². The van der Waals surface area contributed by atoms with E-state index in [9.17, 15) is 0 Å². The molecule has 1 aromatic rings. The lowest BCUT2D eigenvalue weighted by atomic mass is 9.91. The van der Waals surface area contributed by atoms with E-state index >= 15 is 0 Å². The van der Waals surface area contributed by atoms with Crippen molar-refractivity contribution in [1.29, 1.82) is 0 Å². The molecule has 0 radical (unpaired) electrons. The van der Waals surface area contributed by atoms with Crippen LogP contribution >= 0.6 is 0 Å². The summed E-state index contributed by atoms with van der Waals surface area (Å²) in [6.45, 7) is 12.2. The van der Waals surface area contributed by atoms with Crippen LogP contribution in [0.3, 0.4) is 0 Å². The molecule has 0 amide bonds. The van der Waals surface area contributed by atoms with Crippen LogP contribution in [0.4, 0.5) is 0 Å². The van der Waals surface area contributed by atoms with Gasteiger partial charge in [0.1, 0.15) is 5.75 Å². The number of nitrogens with one attached hydrogen (secondary N) is 1. The van der Waals surface area contributed by atoms with Crippen LogP contribution in [0.15, 0.2) is 12.1 Å². The zero-order valence-corrected chi connectivity index (χ0v) is 17.1. The molecule has 0 bridgehead atoms. The molecule has 1 fully saturated rings. The van der Waals surface area contributed by atoms with Crippen molar-refractivity contribution < 1.29 is 4.74 Å². The average Bonchev–Trinajstić information content (AvgIpc) is 2.53. The number of ether oxygens (including phenoxy) is 1. The first-order valence-corrected chi connectivity index (χ1v) is 9.70. The molecule has 25 heavy (non-hydrogen) atoms. The van der Waals surface area contributed by atoms with E-state index in [1.54, 1.807) is 0 Å². The van der Waals surface area contributed by atoms with Gasteiger partial charge in [0.2, 0.25) is 0 Å². The van der Waals surface area contributed by atoms with Crippen molar-refractivity contribution in [1.82, 2.24) is 15.1 Å². The SMILES string of the molecule is CNCC1CN(C(C)c2ccc(OCCCCN(C)C)c(C)c2C)C1. The highest BCUT2D eigenvalue weighted by molar-refractivity contribution is 5.44. The third-order valence-electron chi connectivity index (χ3n) is 5.51. The number of hydrogen-bond acceptors (Lipinski definition) is 4. The van der Waals surface area contributed by atoms with Crippen molar-refractivity contribution in [2.75, 3.05) is 53.9 Å². The van der Waals surface area contributed by atoms with Crippen molar-refractivity contribution >= 4 is 0 Å². The van der Waals surface area contributed by atoms with Crippen LogP contribution in [0.5, 0.6) is 5.75 Å². The normalized spacial score (nSPS) is 16.9. The summed E-state index contributed by atoms with van der Waals surface area (Å²) in [5, 5.41) is 3.29. The van der Waals surface area contributed by atoms with Crippen molar-refractivity contribution in [3.8, 4) is 5.75 Å². The summed E-state index contributed by atoms with van der Waals surface area (Å²) in [4.78, 5) is 4.80. The van der Waals surface area contributed by atoms with Crippen LogP contribution < -0.4 is 10.1 Å². The molecular formula is C21H37N3O. The highest BCUT2D eigenvalue weighted by Gasteiger charge is 2.31. The largest absolute Gasteiger partial charge is 0.493 e. The Kier molecular flexibility index (Phi) is 7.73. The topological polar surface area (TPSA) is 27.7 Å². The van der Waals surface area contributed by atoms with Crippen LogP contribution in [0.1, 0.15) is 42.5 Å². The standard InChI is InChI=1S/C21H37N3O/c1-16-17(2)21(25-12-8-7-11-23(5)6)10-9-20(16)18(3)24-14-19(15-24)13-22-4/h9-10,18-19,22H,7-8,11-15H2,1-6H3. The summed E-state index contributed by atoms with van der Waals surface area (Å²) >= 11 is 0. The molecule has 0 saturated carbocycles. The minimum Gasteiger partial charge on any atom is -0.493 e. The monoisotopic (exact) mass is 347 g/mol. The molecule has 1 aromatic carbocycles. The van der Waals surface area contributed by atoms with E-state index in [-0.39, 0.29) is 0 Å². The van der Waals surface area contributed by atoms with Gasteiger partial charge in [-0.05, 0) is 90.0 Å². The quantitative estimate of drug-likeness (QED) is 0.658. The molecule has 0 spiro atoms. The van der Waals surface area contributed by atoms with Gasteiger partial charge in [0.05, 0.1) is 6.61 Å². The maximum Gasteiger partial charge on any atom is 0.122 e. The van der Waals surface area contributed by atoms with Crippen LogP contribution in [0.2, 0.25) is 0 Å². The third kappa shape index (κ3) is 5.44. The van der Waals surface area contributed by atoms with Gasteiger partial charge in [0, 0.05) is 25.7 Å². The van der Waals surface area contributed by atoms with Crippen molar-refractivity contribution in [3.05, 3.63) is 28.8 Å². The number of benzene rings is 1. The van der Waals surface area contributed by atoms with Gasteiger partial charge in [-0.2, -0.15) is 0 Å². The minimum atomic E-state index is 0.487. The molecule has 1 N–H and O–H groups in total. The molecule has 1 aliphatic rings. The Morgan fingerprint density at radius 1 is 1.20 bits per heavy atom. The molecule has 1 unspecified atom stereocenters. The summed E-state index contributed by atoms with van der Waals surface area (Å²) in [5.74, 6) is 1.86. The Labute approximate surface area is 154 Å². The first-order chi connectivity index (χ1) is 11.9. The zero-order valence-electron chi connectivity index (χ0n) is 17.1. The second-order valence-corrected chi connectivity index (χ2v) is 7.82. The summed E-state index contributed by atoms with van der Waals surface area (Å²) in [6.07, 6.45) is 2.29. The van der Waals surface area contributed by atoms with Gasteiger partial charge in [0.15, 0.2) is 0 Å². The van der Waals surface area contributed by atoms with Gasteiger partial charge in [-0.25, -0.2) is 0 Å². The summed E-state index contributed by atoms with van der Waals surface area (Å²) < 4.78 is 6.04. The zero-order chi connectivity index (χ0) is 18.4. The van der Waals surface area contributed by atoms with Crippen LogP contribution in [-0.2, 0) is 0 Å². The number of nitrogens with zero attached hydrogens (tertiary/aromatic N) is 2. The molecule has 2 rings (SSSR count). The van der Waals surface area contributed by atoms with Crippen molar-refractivity contribution in [2.24, 2.45) is 5.92 Å². The molecule has 0 aliphatic carbocycles. The van der Waals surface area contributed by atoms with E-state index in [0.29, 0.717) is 6.04 Å². The lowest BCUT2D eigenvalue weighted by molar-refractivity contribution is 0.0605. The fourth-order valence-corrected chi connectivity index (χ4v) is 3.68. The van der Waals surface area contributed by atoms with E-state index in [0.717, 1.165) is 37.8 Å². The number of likely N-dealkylation sites (tertiary alicyclic amines) is 1. The molecule has 1 heterocycles. The van der Waals surface area contributed by atoms with Gasteiger partial charge < -0.3 is 15.0 Å². The Morgan fingerprint density at radius 2 is 1.92 bits per heavy atom. The fourth-order valence-electron chi connectivity index (χ4n) is 3.68. The van der Waals surface area contributed by atoms with Crippen molar-refractivity contribution in [2.45, 2.75) is 39.7 Å². The number of hydrogen-bond donors (Lipinski definition) is 1. The molecule has 4 nitrogen and oxygen atoms in total. The lowest BCUT2D eigenvalue weighted by Crippen LogP contribution is -2.51. The summed E-state index contributed by atoms with van der Waals surface area (Å²) in [6, 6.07) is 4.93. The second-order valence-electron chi connectivity index (χ2n) is 7.82. The Balaban J connectivity index is 1.89. The number of unbranched alkanes of at least 4 members (excludes halogenated alkanes) is 1. The van der Waals surface area contributed by atoms with Gasteiger partial charge in [-0.3, -0.25) is 4.90 Å². The highest BCUT2D eigenvalue weighted by Crippen LogP contribution is 2.33. The predicted octanol–water partition coefficient (Wildman–Crippen LogP) is 3.24. The lowest BCUT2D eigenvalue weighted by Gasteiger charge is -2.44. The molecular weight excluding hydrogens is 310 g/mol. The van der Waals surface area contributed by atoms with Crippen LogP contribution in [0, 0.1) is 19.8 Å². The maximum atomic E-state index is 6.04. The molecule has 1 aliphatic heterocycles. The summed E-state index contributed by atoms with van der Waals surface area (Å²) in [5.41, 5.74) is 4.12. The summed E-state index contributed by atoms with van der Waals surface area (Å²) in [7, 11) is 6.28. The highest BCUT2D eigenvalue weighted by atomic mass is 16.5. The van der Waals surface area contributed by atoms with Crippen molar-refractivity contribution in [3.63, 3.8) is 0 Å². The molecule has 4 heteroatoms. The fraction of sp³-hybridized carbons (Fsp3) is 0.714. The van der Waals surface area contributed by atoms with Gasteiger partial charge in [-0.1, -0.05) is 6.07 Å². The Bertz CT molecular complexity index is 538. The average molecular weight is 348 g/mol. The van der Waals surface area contributed by atoms with E-state index in [4.69, 9.17) is 4.74 Å². The smallest absolute Gasteiger partial charge is 0.122 e. The van der Waals surface area contributed by atoms with E-state index in [1.807, 2.05) is 7.05 Å². The first-order valence-electron chi connectivity index (χ1n) is 9.70. The number of rotatable bonds is 10. The first kappa shape index (κ1) is 20.2. The predicted molar refractivity (Wildman–Crippen MR) is 107 cm³/mol. The molecule has 142 valence electrons. The molecule has 1 saturated heterocycles. The molecule has 1 atom stereocenters. The maximum absolute atomic E-state index is 6.04. The van der Waals surface area contributed by atoms with Crippen LogP contribution in [-0.4, -0.2) is 63.7 Å². The Morgan fingerprint density at radius 3 is 2.56 bits per heavy atom. The third-order valence-corrected chi connectivity index (χ3v) is 5.51.